The lowest BCUT2D eigenvalue weighted by Crippen LogP contribution is -2.11. The van der Waals surface area contributed by atoms with Crippen LogP contribution in [0.2, 0.25) is 0 Å². The second kappa shape index (κ2) is 5.13. The molecule has 9 nitrogen and oxygen atoms in total. The van der Waals surface area contributed by atoms with Gasteiger partial charge in [0.1, 0.15) is 34.4 Å². The van der Waals surface area contributed by atoms with Gasteiger partial charge in [-0.1, -0.05) is 6.07 Å². The number of aromatic amines is 2. The normalized spacial score (nSPS) is 10.5. The fourth-order valence-electron chi connectivity index (χ4n) is 1.87. The molecule has 0 saturated heterocycles. The molecule has 0 aromatic carbocycles. The summed E-state index contributed by atoms with van der Waals surface area (Å²) in [5.74, 6) is 0.829. The molecule has 3 aromatic heterocycles. The maximum Gasteiger partial charge on any atom is 0.156 e. The maximum atomic E-state index is 7.37. The summed E-state index contributed by atoms with van der Waals surface area (Å²) in [6.45, 7) is 0. The average molecular weight is 295 g/mol. The smallest absolute Gasteiger partial charge is 0.156 e. The van der Waals surface area contributed by atoms with E-state index in [2.05, 4.69) is 24.9 Å². The lowest BCUT2D eigenvalue weighted by Gasteiger charge is -2.00. The van der Waals surface area contributed by atoms with Crippen molar-refractivity contribution in [2.45, 2.75) is 0 Å². The molecule has 0 aliphatic heterocycles. The molecule has 0 aliphatic carbocycles. The molecule has 22 heavy (non-hydrogen) atoms. The molecule has 3 aromatic rings. The Kier molecular flexibility index (Phi) is 3.14. The monoisotopic (exact) mass is 295 g/mol. The molecule has 0 saturated carbocycles. The van der Waals surface area contributed by atoms with Crippen molar-refractivity contribution >= 4 is 11.7 Å². The van der Waals surface area contributed by atoms with Gasteiger partial charge in [-0.15, -0.1) is 0 Å². The zero-order valence-electron chi connectivity index (χ0n) is 11.4. The molecule has 0 spiro atoms. The van der Waals surface area contributed by atoms with E-state index in [1.807, 2.05) is 6.07 Å². The second-order valence-electron chi connectivity index (χ2n) is 4.53. The van der Waals surface area contributed by atoms with Gasteiger partial charge >= 0.3 is 0 Å². The number of hydrogen-bond acceptors (Lipinski definition) is 5. The third-order valence-corrected chi connectivity index (χ3v) is 2.97. The summed E-state index contributed by atoms with van der Waals surface area (Å²) < 4.78 is 0. The fraction of sp³-hybridized carbons (Fsp3) is 0. The quantitative estimate of drug-likeness (QED) is 0.302. The van der Waals surface area contributed by atoms with E-state index in [-0.39, 0.29) is 11.7 Å². The van der Waals surface area contributed by atoms with Crippen molar-refractivity contribution in [3.05, 3.63) is 42.0 Å². The summed E-state index contributed by atoms with van der Waals surface area (Å²) in [5.41, 5.74) is 12.8. The number of rotatable bonds is 4. The number of imidazole rings is 2. The van der Waals surface area contributed by atoms with Crippen LogP contribution in [0.1, 0.15) is 11.4 Å². The van der Waals surface area contributed by atoms with Crippen molar-refractivity contribution in [3.8, 4) is 23.0 Å². The topological polar surface area (TPSA) is 170 Å². The summed E-state index contributed by atoms with van der Waals surface area (Å²) in [5, 5.41) is 14.7. The van der Waals surface area contributed by atoms with Gasteiger partial charge in [0.2, 0.25) is 0 Å². The number of nitrogens with zero attached hydrogens (tertiary/aromatic N) is 3. The van der Waals surface area contributed by atoms with Crippen LogP contribution < -0.4 is 11.5 Å². The SMILES string of the molecule is N=C(N)c1cnc(-c2cccc(-c3ncc(C(=N)N)[nH]3)n2)[nH]1. The van der Waals surface area contributed by atoms with Crippen LogP contribution in [0, 0.1) is 10.8 Å². The molecule has 0 bridgehead atoms. The molecule has 0 fully saturated rings. The van der Waals surface area contributed by atoms with E-state index in [0.717, 1.165) is 0 Å². The first-order chi connectivity index (χ1) is 10.5. The van der Waals surface area contributed by atoms with Crippen LogP contribution in [0.25, 0.3) is 23.0 Å². The zero-order chi connectivity index (χ0) is 15.7. The highest BCUT2D eigenvalue weighted by atomic mass is 15.0. The second-order valence-corrected chi connectivity index (χ2v) is 4.53. The van der Waals surface area contributed by atoms with Gasteiger partial charge in [0, 0.05) is 0 Å². The van der Waals surface area contributed by atoms with E-state index < -0.39 is 0 Å². The summed E-state index contributed by atoms with van der Waals surface area (Å²) in [4.78, 5) is 18.6. The minimum Gasteiger partial charge on any atom is -0.382 e. The summed E-state index contributed by atoms with van der Waals surface area (Å²) in [7, 11) is 0. The Labute approximate surface area is 124 Å². The predicted molar refractivity (Wildman–Crippen MR) is 81.4 cm³/mol. The van der Waals surface area contributed by atoms with E-state index in [1.54, 1.807) is 12.1 Å². The van der Waals surface area contributed by atoms with Crippen LogP contribution >= 0.6 is 0 Å². The molecular formula is C13H13N9. The van der Waals surface area contributed by atoms with Crippen molar-refractivity contribution in [1.29, 1.82) is 10.8 Å². The molecule has 0 amide bonds. The van der Waals surface area contributed by atoms with Crippen molar-refractivity contribution in [2.24, 2.45) is 11.5 Å². The van der Waals surface area contributed by atoms with Crippen LogP contribution in [0.15, 0.2) is 30.6 Å². The Morgan fingerprint density at radius 3 is 1.68 bits per heavy atom. The number of pyridine rings is 1. The van der Waals surface area contributed by atoms with Crippen molar-refractivity contribution in [1.82, 2.24) is 24.9 Å². The van der Waals surface area contributed by atoms with Gasteiger partial charge < -0.3 is 21.4 Å². The first kappa shape index (κ1) is 13.5. The maximum absolute atomic E-state index is 7.37. The van der Waals surface area contributed by atoms with Gasteiger partial charge in [-0.3, -0.25) is 10.8 Å². The molecule has 0 radical (unpaired) electrons. The number of nitrogens with one attached hydrogen (secondary N) is 4. The number of amidine groups is 2. The Hall–Kier alpha value is -3.49. The highest BCUT2D eigenvalue weighted by molar-refractivity contribution is 5.93. The van der Waals surface area contributed by atoms with E-state index >= 15 is 0 Å². The minimum atomic E-state index is -0.0907. The average Bonchev–Trinajstić information content (AvgIpc) is 3.17. The molecule has 0 unspecified atom stereocenters. The Morgan fingerprint density at radius 1 is 0.864 bits per heavy atom. The number of aromatic nitrogens is 5. The summed E-state index contributed by atoms with van der Waals surface area (Å²) in [6, 6.07) is 5.37. The van der Waals surface area contributed by atoms with Gasteiger partial charge in [-0.2, -0.15) is 0 Å². The Bertz CT molecular complexity index is 790. The fourth-order valence-corrected chi connectivity index (χ4v) is 1.87. The molecule has 0 aliphatic rings. The van der Waals surface area contributed by atoms with Gasteiger partial charge in [-0.25, -0.2) is 15.0 Å². The molecule has 3 heterocycles. The van der Waals surface area contributed by atoms with Gasteiger partial charge in [0.25, 0.3) is 0 Å². The van der Waals surface area contributed by atoms with Gasteiger partial charge in [0.05, 0.1) is 12.4 Å². The molecule has 0 atom stereocenters. The molecule has 110 valence electrons. The Morgan fingerprint density at radius 2 is 1.32 bits per heavy atom. The minimum absolute atomic E-state index is 0.0907. The van der Waals surface area contributed by atoms with E-state index in [9.17, 15) is 0 Å². The molecular weight excluding hydrogens is 282 g/mol. The third kappa shape index (κ3) is 2.42. The highest BCUT2D eigenvalue weighted by Crippen LogP contribution is 2.18. The Balaban J connectivity index is 1.97. The van der Waals surface area contributed by atoms with Crippen molar-refractivity contribution < 1.29 is 0 Å². The molecule has 8 N–H and O–H groups in total. The standard InChI is InChI=1S/C13H13N9/c14-10(15)8-4-18-12(21-8)6-2-1-3-7(20-6)13-19-5-9(22-13)11(16)17/h1-5H,(H3,14,15)(H3,16,17)(H,18,21)(H,19,22). The van der Waals surface area contributed by atoms with Crippen LogP contribution in [0.5, 0.6) is 0 Å². The largest absolute Gasteiger partial charge is 0.382 e. The van der Waals surface area contributed by atoms with Crippen LogP contribution in [-0.2, 0) is 0 Å². The first-order valence-electron chi connectivity index (χ1n) is 6.31. The van der Waals surface area contributed by atoms with E-state index in [4.69, 9.17) is 22.3 Å². The number of H-pyrrole nitrogens is 2. The van der Waals surface area contributed by atoms with Crippen LogP contribution in [-0.4, -0.2) is 36.6 Å². The summed E-state index contributed by atoms with van der Waals surface area (Å²) in [6.07, 6.45) is 2.96. The predicted octanol–water partition coefficient (Wildman–Crippen LogP) is 0.430. The first-order valence-corrected chi connectivity index (χ1v) is 6.31. The van der Waals surface area contributed by atoms with E-state index in [1.165, 1.54) is 12.4 Å². The highest BCUT2D eigenvalue weighted by Gasteiger charge is 2.10. The zero-order valence-corrected chi connectivity index (χ0v) is 11.4. The third-order valence-electron chi connectivity index (χ3n) is 2.97. The summed E-state index contributed by atoms with van der Waals surface area (Å²) >= 11 is 0. The molecule has 9 heteroatoms. The number of nitrogen functional groups attached to an aromatic ring is 2. The number of hydrogen-bond donors (Lipinski definition) is 6. The van der Waals surface area contributed by atoms with Crippen molar-refractivity contribution in [2.75, 3.05) is 0 Å². The van der Waals surface area contributed by atoms with Gasteiger partial charge in [0.15, 0.2) is 11.6 Å². The van der Waals surface area contributed by atoms with Crippen molar-refractivity contribution in [3.63, 3.8) is 0 Å². The van der Waals surface area contributed by atoms with Crippen LogP contribution in [0.3, 0.4) is 0 Å². The molecule has 3 rings (SSSR count). The van der Waals surface area contributed by atoms with E-state index in [0.29, 0.717) is 34.4 Å². The number of nitrogens with two attached hydrogens (primary N) is 2. The lowest BCUT2D eigenvalue weighted by atomic mass is 10.3. The van der Waals surface area contributed by atoms with Gasteiger partial charge in [-0.05, 0) is 12.1 Å². The van der Waals surface area contributed by atoms with Crippen LogP contribution in [0.4, 0.5) is 0 Å². The lowest BCUT2D eigenvalue weighted by molar-refractivity contribution is 1.18.